The summed E-state index contributed by atoms with van der Waals surface area (Å²) in [4.78, 5) is 12.1. The summed E-state index contributed by atoms with van der Waals surface area (Å²) < 4.78 is 35.3. The van der Waals surface area contributed by atoms with E-state index < -0.39 is 21.0 Å². The van der Waals surface area contributed by atoms with Crippen LogP contribution in [0.4, 0.5) is 0 Å². The zero-order valence-electron chi connectivity index (χ0n) is 13.4. The number of carbonyl (C=O) groups excluding carboxylic acids is 1. The Kier molecular flexibility index (Phi) is 6.01. The number of hydrogen-bond donors (Lipinski definition) is 1. The van der Waals surface area contributed by atoms with Crippen LogP contribution in [0.3, 0.4) is 0 Å². The van der Waals surface area contributed by atoms with Crippen molar-refractivity contribution >= 4 is 15.7 Å². The summed E-state index contributed by atoms with van der Waals surface area (Å²) in [5.74, 6) is -0.0878. The number of nitrogens with one attached hydrogen (secondary N) is 1. The molecule has 0 radical (unpaired) electrons. The SMILES string of the molecule is COc1cccc(CS(=O)(=O)[C@@H](C)C(=O)NC[C@@H]2CCCO2)c1. The fraction of sp³-hybridized carbons (Fsp3) is 0.562. The summed E-state index contributed by atoms with van der Waals surface area (Å²) in [6, 6.07) is 6.84. The number of sulfone groups is 1. The number of hydrogen-bond acceptors (Lipinski definition) is 5. The summed E-state index contributed by atoms with van der Waals surface area (Å²) >= 11 is 0. The molecule has 1 aliphatic rings. The highest BCUT2D eigenvalue weighted by molar-refractivity contribution is 7.92. The molecule has 1 fully saturated rings. The first kappa shape index (κ1) is 17.7. The fourth-order valence-corrected chi connectivity index (χ4v) is 3.75. The van der Waals surface area contributed by atoms with E-state index in [2.05, 4.69) is 5.32 Å². The van der Waals surface area contributed by atoms with Gasteiger partial charge in [0.2, 0.25) is 5.91 Å². The van der Waals surface area contributed by atoms with Gasteiger partial charge >= 0.3 is 0 Å². The molecule has 0 saturated carbocycles. The molecule has 1 aromatic carbocycles. The van der Waals surface area contributed by atoms with Gasteiger partial charge in [0.25, 0.3) is 0 Å². The topological polar surface area (TPSA) is 81.7 Å². The second-order valence-electron chi connectivity index (χ2n) is 5.68. The molecule has 1 aromatic rings. The Morgan fingerprint density at radius 1 is 1.48 bits per heavy atom. The lowest BCUT2D eigenvalue weighted by atomic mass is 10.2. The first-order chi connectivity index (χ1) is 10.9. The highest BCUT2D eigenvalue weighted by Gasteiger charge is 2.29. The number of carbonyl (C=O) groups is 1. The third-order valence-electron chi connectivity index (χ3n) is 3.94. The van der Waals surface area contributed by atoms with Crippen LogP contribution in [0, 0.1) is 0 Å². The lowest BCUT2D eigenvalue weighted by Gasteiger charge is -2.16. The number of amides is 1. The largest absolute Gasteiger partial charge is 0.497 e. The van der Waals surface area contributed by atoms with Crippen molar-refractivity contribution < 1.29 is 22.7 Å². The van der Waals surface area contributed by atoms with Crippen LogP contribution in [-0.2, 0) is 25.1 Å². The highest BCUT2D eigenvalue weighted by atomic mass is 32.2. The van der Waals surface area contributed by atoms with Crippen molar-refractivity contribution in [3.63, 3.8) is 0 Å². The van der Waals surface area contributed by atoms with Crippen molar-refractivity contribution in [1.29, 1.82) is 0 Å². The first-order valence-corrected chi connectivity index (χ1v) is 9.38. The van der Waals surface area contributed by atoms with Gasteiger partial charge in [0.05, 0.1) is 19.0 Å². The maximum absolute atomic E-state index is 12.4. The number of methoxy groups -OCH3 is 1. The molecule has 2 rings (SSSR count). The van der Waals surface area contributed by atoms with E-state index in [9.17, 15) is 13.2 Å². The molecule has 1 N–H and O–H groups in total. The Morgan fingerprint density at radius 3 is 2.91 bits per heavy atom. The summed E-state index contributed by atoms with van der Waals surface area (Å²) in [6.07, 6.45) is 1.86. The third kappa shape index (κ3) is 4.94. The third-order valence-corrected chi connectivity index (χ3v) is 5.96. The van der Waals surface area contributed by atoms with E-state index in [-0.39, 0.29) is 11.9 Å². The van der Waals surface area contributed by atoms with E-state index in [0.29, 0.717) is 24.5 Å². The zero-order valence-corrected chi connectivity index (χ0v) is 14.3. The minimum atomic E-state index is -3.59. The van der Waals surface area contributed by atoms with Crippen molar-refractivity contribution in [3.05, 3.63) is 29.8 Å². The van der Waals surface area contributed by atoms with Gasteiger partial charge in [-0.25, -0.2) is 8.42 Å². The Balaban J connectivity index is 1.95. The van der Waals surface area contributed by atoms with Gasteiger partial charge in [0.1, 0.15) is 11.0 Å². The lowest BCUT2D eigenvalue weighted by molar-refractivity contribution is -0.120. The Hall–Kier alpha value is -1.60. The minimum Gasteiger partial charge on any atom is -0.497 e. The Labute approximate surface area is 137 Å². The van der Waals surface area contributed by atoms with Gasteiger partial charge in [-0.2, -0.15) is 0 Å². The number of benzene rings is 1. The average molecular weight is 341 g/mol. The summed E-state index contributed by atoms with van der Waals surface area (Å²) in [6.45, 7) is 2.47. The van der Waals surface area contributed by atoms with E-state index in [0.717, 1.165) is 12.8 Å². The fourth-order valence-electron chi connectivity index (χ4n) is 2.45. The summed E-state index contributed by atoms with van der Waals surface area (Å²) in [5, 5.41) is 1.57. The molecule has 0 aromatic heterocycles. The van der Waals surface area contributed by atoms with Crippen LogP contribution >= 0.6 is 0 Å². The molecule has 0 unspecified atom stereocenters. The predicted molar refractivity (Wildman–Crippen MR) is 87.1 cm³/mol. The highest BCUT2D eigenvalue weighted by Crippen LogP contribution is 2.17. The molecular formula is C16H23NO5S. The average Bonchev–Trinajstić information content (AvgIpc) is 3.05. The normalized spacial score (nSPS) is 19.3. The van der Waals surface area contributed by atoms with Crippen LogP contribution in [0.1, 0.15) is 25.3 Å². The van der Waals surface area contributed by atoms with Crippen molar-refractivity contribution in [2.24, 2.45) is 0 Å². The van der Waals surface area contributed by atoms with E-state index in [1.165, 1.54) is 14.0 Å². The Bertz CT molecular complexity index is 638. The van der Waals surface area contributed by atoms with Crippen LogP contribution in [0.2, 0.25) is 0 Å². The zero-order chi connectivity index (χ0) is 16.9. The molecule has 7 heteroatoms. The van der Waals surface area contributed by atoms with Gasteiger partial charge in [0, 0.05) is 13.2 Å². The maximum atomic E-state index is 12.4. The van der Waals surface area contributed by atoms with Gasteiger partial charge in [-0.1, -0.05) is 12.1 Å². The lowest BCUT2D eigenvalue weighted by Crippen LogP contribution is -2.41. The molecule has 6 nitrogen and oxygen atoms in total. The van der Waals surface area contributed by atoms with Crippen LogP contribution < -0.4 is 10.1 Å². The van der Waals surface area contributed by atoms with Crippen LogP contribution in [0.5, 0.6) is 5.75 Å². The molecule has 2 atom stereocenters. The van der Waals surface area contributed by atoms with E-state index in [1.807, 2.05) is 0 Å². The van der Waals surface area contributed by atoms with Gasteiger partial charge < -0.3 is 14.8 Å². The Morgan fingerprint density at radius 2 is 2.26 bits per heavy atom. The van der Waals surface area contributed by atoms with Crippen molar-refractivity contribution in [2.45, 2.75) is 36.9 Å². The van der Waals surface area contributed by atoms with Crippen LogP contribution in [-0.4, -0.2) is 45.9 Å². The van der Waals surface area contributed by atoms with Gasteiger partial charge in [0.15, 0.2) is 9.84 Å². The van der Waals surface area contributed by atoms with Gasteiger partial charge in [-0.15, -0.1) is 0 Å². The predicted octanol–water partition coefficient (Wildman–Crippen LogP) is 1.29. The van der Waals surface area contributed by atoms with E-state index in [1.54, 1.807) is 24.3 Å². The van der Waals surface area contributed by atoms with Crippen LogP contribution in [0.15, 0.2) is 24.3 Å². The van der Waals surface area contributed by atoms with Crippen molar-refractivity contribution in [2.75, 3.05) is 20.3 Å². The van der Waals surface area contributed by atoms with Crippen molar-refractivity contribution in [1.82, 2.24) is 5.32 Å². The molecule has 0 spiro atoms. The number of ether oxygens (including phenoxy) is 2. The molecule has 23 heavy (non-hydrogen) atoms. The molecule has 1 saturated heterocycles. The number of rotatable bonds is 7. The van der Waals surface area contributed by atoms with E-state index in [4.69, 9.17) is 9.47 Å². The van der Waals surface area contributed by atoms with E-state index >= 15 is 0 Å². The minimum absolute atomic E-state index is 0.00719. The molecule has 1 amide bonds. The van der Waals surface area contributed by atoms with Crippen LogP contribution in [0.25, 0.3) is 0 Å². The molecule has 1 heterocycles. The standard InChI is InChI=1S/C16H23NO5S/c1-12(16(18)17-10-15-7-4-8-22-15)23(19,20)11-13-5-3-6-14(9-13)21-2/h3,5-6,9,12,15H,4,7-8,10-11H2,1-2H3,(H,17,18)/t12-,15-/m0/s1. The maximum Gasteiger partial charge on any atom is 0.238 e. The smallest absolute Gasteiger partial charge is 0.238 e. The van der Waals surface area contributed by atoms with Gasteiger partial charge in [-0.05, 0) is 37.5 Å². The second-order valence-corrected chi connectivity index (χ2v) is 8.00. The quantitative estimate of drug-likeness (QED) is 0.808. The summed E-state index contributed by atoms with van der Waals surface area (Å²) in [5.41, 5.74) is 0.600. The molecule has 0 bridgehead atoms. The molecule has 1 aliphatic heterocycles. The van der Waals surface area contributed by atoms with Crippen molar-refractivity contribution in [3.8, 4) is 5.75 Å². The second kappa shape index (κ2) is 7.79. The molecule has 128 valence electrons. The summed E-state index contributed by atoms with van der Waals surface area (Å²) in [7, 11) is -2.07. The molecule has 0 aliphatic carbocycles. The first-order valence-electron chi connectivity index (χ1n) is 7.66. The van der Waals surface area contributed by atoms with Gasteiger partial charge in [-0.3, -0.25) is 4.79 Å². The monoisotopic (exact) mass is 341 g/mol. The molecular weight excluding hydrogens is 318 g/mol.